The molecule has 1 rings (SSSR count). The number of likely N-dealkylation sites (N-methyl/N-ethyl adjacent to an activating group) is 2. The van der Waals surface area contributed by atoms with Crippen molar-refractivity contribution in [3.05, 3.63) is 12.5 Å². The second kappa shape index (κ2) is 5.12. The molecule has 0 atom stereocenters. The third-order valence-corrected chi connectivity index (χ3v) is 2.94. The second-order valence-electron chi connectivity index (χ2n) is 4.55. The Morgan fingerprint density at radius 2 is 2.12 bits per heavy atom. The first-order valence-electron chi connectivity index (χ1n) is 5.34. The van der Waals surface area contributed by atoms with Gasteiger partial charge in [-0.25, -0.2) is 4.98 Å². The van der Waals surface area contributed by atoms with Crippen LogP contribution in [0.3, 0.4) is 0 Å². The molecule has 1 aromatic heterocycles. The van der Waals surface area contributed by atoms with E-state index in [0.29, 0.717) is 0 Å². The molecule has 0 bridgehead atoms. The van der Waals surface area contributed by atoms with Crippen molar-refractivity contribution in [3.63, 3.8) is 0 Å². The van der Waals surface area contributed by atoms with Crippen LogP contribution in [-0.4, -0.2) is 53.9 Å². The molecule has 0 aliphatic rings. The molecule has 0 aromatic carbocycles. The van der Waals surface area contributed by atoms with Crippen LogP contribution < -0.4 is 4.90 Å². The first-order chi connectivity index (χ1) is 7.47. The van der Waals surface area contributed by atoms with Gasteiger partial charge in [0.1, 0.15) is 12.1 Å². The van der Waals surface area contributed by atoms with E-state index in [2.05, 4.69) is 14.9 Å². The molecular weight excluding hydrogens is 204 g/mol. The predicted molar refractivity (Wildman–Crippen MR) is 64.6 cm³/mol. The number of carbonyl (C=O) groups is 1. The summed E-state index contributed by atoms with van der Waals surface area (Å²) >= 11 is 0. The molecular formula is C11H20N4O. The highest BCUT2D eigenvalue weighted by Crippen LogP contribution is 2.10. The highest BCUT2D eigenvalue weighted by atomic mass is 16.1. The van der Waals surface area contributed by atoms with E-state index in [1.54, 1.807) is 12.5 Å². The number of rotatable bonds is 6. The fourth-order valence-electron chi connectivity index (χ4n) is 1.26. The number of hydrogen-bond acceptors (Lipinski definition) is 4. The Morgan fingerprint density at radius 1 is 1.44 bits per heavy atom. The highest BCUT2D eigenvalue weighted by molar-refractivity contribution is 5.62. The monoisotopic (exact) mass is 224 g/mol. The average Bonchev–Trinajstić information content (AvgIpc) is 2.78. The fourth-order valence-corrected chi connectivity index (χ4v) is 1.26. The molecule has 16 heavy (non-hydrogen) atoms. The largest absolute Gasteiger partial charge is 0.359 e. The summed E-state index contributed by atoms with van der Waals surface area (Å²) in [5, 5.41) is 0. The molecule has 0 radical (unpaired) electrons. The van der Waals surface area contributed by atoms with E-state index in [4.69, 9.17) is 0 Å². The normalized spacial score (nSPS) is 11.8. The molecule has 0 amide bonds. The van der Waals surface area contributed by atoms with Crippen LogP contribution in [0.2, 0.25) is 0 Å². The summed E-state index contributed by atoms with van der Waals surface area (Å²) in [6.07, 6.45) is 4.42. The van der Waals surface area contributed by atoms with Gasteiger partial charge in [-0.05, 0) is 20.9 Å². The van der Waals surface area contributed by atoms with Crippen molar-refractivity contribution in [2.24, 2.45) is 0 Å². The number of H-pyrrole nitrogens is 1. The van der Waals surface area contributed by atoms with Gasteiger partial charge in [0.05, 0.1) is 18.1 Å². The molecule has 90 valence electrons. The standard InChI is InChI=1S/C11H20N4O/c1-11(2,8-16)15(4)6-5-14(3)10-7-12-9-13-10/h7-9H,5-6H2,1-4H3,(H,12,13). The van der Waals surface area contributed by atoms with Crippen LogP contribution in [0.1, 0.15) is 13.8 Å². The van der Waals surface area contributed by atoms with Crippen molar-refractivity contribution in [1.29, 1.82) is 0 Å². The van der Waals surface area contributed by atoms with Crippen molar-refractivity contribution in [2.45, 2.75) is 19.4 Å². The third kappa shape index (κ3) is 3.06. The van der Waals surface area contributed by atoms with Gasteiger partial charge in [0.15, 0.2) is 0 Å². The topological polar surface area (TPSA) is 52.2 Å². The van der Waals surface area contributed by atoms with E-state index in [0.717, 1.165) is 25.2 Å². The fraction of sp³-hybridized carbons (Fsp3) is 0.636. The summed E-state index contributed by atoms with van der Waals surface area (Å²) in [5.41, 5.74) is -0.408. The van der Waals surface area contributed by atoms with Crippen LogP contribution >= 0.6 is 0 Å². The van der Waals surface area contributed by atoms with Crippen LogP contribution in [0.15, 0.2) is 12.5 Å². The van der Waals surface area contributed by atoms with Crippen LogP contribution in [0.4, 0.5) is 5.82 Å². The number of aldehydes is 1. The van der Waals surface area contributed by atoms with E-state index < -0.39 is 5.54 Å². The predicted octanol–water partition coefficient (Wildman–Crippen LogP) is 0.755. The van der Waals surface area contributed by atoms with Crippen molar-refractivity contribution in [3.8, 4) is 0 Å². The smallest absolute Gasteiger partial charge is 0.139 e. The molecule has 0 fully saturated rings. The number of carbonyl (C=O) groups excluding carboxylic acids is 1. The number of hydrogen-bond donors (Lipinski definition) is 1. The summed E-state index contributed by atoms with van der Waals surface area (Å²) in [6, 6.07) is 0. The molecule has 0 saturated carbocycles. The summed E-state index contributed by atoms with van der Waals surface area (Å²) in [6.45, 7) is 5.49. The zero-order chi connectivity index (χ0) is 12.2. The Balaban J connectivity index is 2.43. The lowest BCUT2D eigenvalue weighted by Crippen LogP contribution is -2.45. The van der Waals surface area contributed by atoms with E-state index in [9.17, 15) is 4.79 Å². The molecule has 1 aromatic rings. The van der Waals surface area contributed by atoms with Crippen LogP contribution in [0.25, 0.3) is 0 Å². The van der Waals surface area contributed by atoms with E-state index in [1.165, 1.54) is 0 Å². The number of aromatic amines is 1. The average molecular weight is 224 g/mol. The van der Waals surface area contributed by atoms with Gasteiger partial charge in [-0.2, -0.15) is 0 Å². The first-order valence-corrected chi connectivity index (χ1v) is 5.34. The number of nitrogens with zero attached hydrogens (tertiary/aromatic N) is 3. The first kappa shape index (κ1) is 12.7. The maximum absolute atomic E-state index is 10.9. The van der Waals surface area contributed by atoms with Gasteiger partial charge in [-0.1, -0.05) is 0 Å². The Kier molecular flexibility index (Phi) is 4.06. The minimum atomic E-state index is -0.408. The van der Waals surface area contributed by atoms with Crippen molar-refractivity contribution in [1.82, 2.24) is 14.9 Å². The second-order valence-corrected chi connectivity index (χ2v) is 4.55. The molecule has 1 heterocycles. The number of imidazole rings is 1. The van der Waals surface area contributed by atoms with Crippen molar-refractivity contribution < 1.29 is 4.79 Å². The van der Waals surface area contributed by atoms with Crippen LogP contribution in [0.5, 0.6) is 0 Å². The number of nitrogens with one attached hydrogen (secondary N) is 1. The molecule has 0 aliphatic heterocycles. The maximum Gasteiger partial charge on any atom is 0.139 e. The van der Waals surface area contributed by atoms with Gasteiger partial charge < -0.3 is 14.7 Å². The Bertz CT molecular complexity index is 321. The van der Waals surface area contributed by atoms with Crippen molar-refractivity contribution >= 4 is 12.1 Å². The van der Waals surface area contributed by atoms with Crippen LogP contribution in [0, 0.1) is 0 Å². The van der Waals surface area contributed by atoms with E-state index >= 15 is 0 Å². The van der Waals surface area contributed by atoms with Gasteiger partial charge >= 0.3 is 0 Å². The Morgan fingerprint density at radius 3 is 2.62 bits per heavy atom. The molecule has 0 spiro atoms. The number of aromatic nitrogens is 2. The zero-order valence-electron chi connectivity index (χ0n) is 10.4. The van der Waals surface area contributed by atoms with Gasteiger partial charge in [0, 0.05) is 20.1 Å². The number of anilines is 1. The van der Waals surface area contributed by atoms with Crippen molar-refractivity contribution in [2.75, 3.05) is 32.1 Å². The Hall–Kier alpha value is -1.36. The minimum absolute atomic E-state index is 0.408. The highest BCUT2D eigenvalue weighted by Gasteiger charge is 2.22. The molecule has 5 nitrogen and oxygen atoms in total. The molecule has 1 N–H and O–H groups in total. The van der Waals surface area contributed by atoms with E-state index in [1.807, 2.05) is 32.8 Å². The van der Waals surface area contributed by atoms with Gasteiger partial charge in [0.2, 0.25) is 0 Å². The molecule has 0 saturated heterocycles. The maximum atomic E-state index is 10.9. The third-order valence-electron chi connectivity index (χ3n) is 2.94. The minimum Gasteiger partial charge on any atom is -0.359 e. The van der Waals surface area contributed by atoms with Gasteiger partial charge in [-0.15, -0.1) is 0 Å². The SMILES string of the molecule is CN(CCN(C)C(C)(C)C=O)c1cnc[nH]1. The lowest BCUT2D eigenvalue weighted by atomic mass is 10.1. The summed E-state index contributed by atoms with van der Waals surface area (Å²) in [7, 11) is 3.95. The summed E-state index contributed by atoms with van der Waals surface area (Å²) in [5.74, 6) is 0.984. The Labute approximate surface area is 96.5 Å². The molecule has 0 aliphatic carbocycles. The van der Waals surface area contributed by atoms with E-state index in [-0.39, 0.29) is 0 Å². The van der Waals surface area contributed by atoms with Crippen LogP contribution in [-0.2, 0) is 4.79 Å². The summed E-state index contributed by atoms with van der Waals surface area (Å²) < 4.78 is 0. The quantitative estimate of drug-likeness (QED) is 0.725. The summed E-state index contributed by atoms with van der Waals surface area (Å²) in [4.78, 5) is 22.0. The lowest BCUT2D eigenvalue weighted by Gasteiger charge is -2.31. The molecule has 0 unspecified atom stereocenters. The zero-order valence-corrected chi connectivity index (χ0v) is 10.4. The van der Waals surface area contributed by atoms with Gasteiger partial charge in [-0.3, -0.25) is 4.90 Å². The molecule has 5 heteroatoms. The lowest BCUT2D eigenvalue weighted by molar-refractivity contribution is -0.116. The van der Waals surface area contributed by atoms with Gasteiger partial charge in [0.25, 0.3) is 0 Å².